The first kappa shape index (κ1) is 17.9. The molecule has 1 saturated heterocycles. The van der Waals surface area contributed by atoms with Crippen LogP contribution in [-0.4, -0.2) is 46.3 Å². The number of ether oxygens (including phenoxy) is 1. The van der Waals surface area contributed by atoms with Crippen LogP contribution in [0.2, 0.25) is 0 Å². The van der Waals surface area contributed by atoms with Crippen molar-refractivity contribution >= 4 is 11.8 Å². The summed E-state index contributed by atoms with van der Waals surface area (Å²) in [7, 11) is 1.53. The maximum atomic E-state index is 11.6. The van der Waals surface area contributed by atoms with Crippen molar-refractivity contribution in [1.82, 2.24) is 9.88 Å². The number of carboxylic acid groups (broad SMARTS) is 1. The number of rotatable bonds is 3. The zero-order valence-electron chi connectivity index (χ0n) is 14.5. The molecule has 2 heterocycles. The minimum atomic E-state index is -0.938. The summed E-state index contributed by atoms with van der Waals surface area (Å²) in [6.45, 7) is 6.31. The van der Waals surface area contributed by atoms with Crippen molar-refractivity contribution in [2.24, 2.45) is 5.41 Å². The van der Waals surface area contributed by atoms with Gasteiger partial charge in [-0.15, -0.1) is 0 Å². The zero-order chi connectivity index (χ0) is 18.0. The number of hydrogen-bond acceptors (Lipinski definition) is 5. The summed E-state index contributed by atoms with van der Waals surface area (Å²) in [6.07, 6.45) is 1.52. The molecule has 7 nitrogen and oxygen atoms in total. The molecule has 0 bridgehead atoms. The Labute approximate surface area is 142 Å². The van der Waals surface area contributed by atoms with E-state index in [-0.39, 0.29) is 11.5 Å². The van der Waals surface area contributed by atoms with Gasteiger partial charge in [0.25, 0.3) is 0 Å². The highest BCUT2D eigenvalue weighted by Crippen LogP contribution is 2.38. The predicted molar refractivity (Wildman–Crippen MR) is 90.0 cm³/mol. The highest BCUT2D eigenvalue weighted by Gasteiger charge is 2.46. The predicted octanol–water partition coefficient (Wildman–Crippen LogP) is 2.95. The normalized spacial score (nSPS) is 24.1. The summed E-state index contributed by atoms with van der Waals surface area (Å²) >= 11 is 0. The quantitative estimate of drug-likeness (QED) is 0.883. The monoisotopic (exact) mass is 332 g/mol. The van der Waals surface area contributed by atoms with Gasteiger partial charge < -0.3 is 20.1 Å². The van der Waals surface area contributed by atoms with Crippen LogP contribution in [0, 0.1) is 16.7 Å². The SMILES string of the molecule is COc1cc(NC2(C#N)CCN(C(=O)O)C(C(C)(C)C)C2)ccn1. The molecule has 130 valence electrons. The zero-order valence-corrected chi connectivity index (χ0v) is 14.5. The molecule has 2 atom stereocenters. The number of nitrogens with zero attached hydrogens (tertiary/aromatic N) is 3. The Morgan fingerprint density at radius 2 is 2.29 bits per heavy atom. The van der Waals surface area contributed by atoms with Gasteiger partial charge in [0.2, 0.25) is 5.88 Å². The van der Waals surface area contributed by atoms with Gasteiger partial charge in [-0.3, -0.25) is 0 Å². The molecule has 1 amide bonds. The number of anilines is 1. The summed E-state index contributed by atoms with van der Waals surface area (Å²) in [5.41, 5.74) is -0.353. The van der Waals surface area contributed by atoms with Gasteiger partial charge in [-0.2, -0.15) is 5.26 Å². The topological polar surface area (TPSA) is 98.5 Å². The lowest BCUT2D eigenvalue weighted by atomic mass is 9.74. The number of aromatic nitrogens is 1. The van der Waals surface area contributed by atoms with Crippen molar-refractivity contribution in [3.63, 3.8) is 0 Å². The second kappa shape index (κ2) is 6.56. The number of likely N-dealkylation sites (tertiary alicyclic amines) is 1. The molecular formula is C17H24N4O3. The molecule has 0 radical (unpaired) electrons. The molecule has 7 heteroatoms. The molecule has 1 aromatic rings. The third kappa shape index (κ3) is 3.70. The van der Waals surface area contributed by atoms with Crippen molar-refractivity contribution in [3.8, 4) is 11.9 Å². The van der Waals surface area contributed by atoms with E-state index >= 15 is 0 Å². The van der Waals surface area contributed by atoms with Gasteiger partial charge in [-0.1, -0.05) is 20.8 Å². The number of hydrogen-bond donors (Lipinski definition) is 2. The van der Waals surface area contributed by atoms with E-state index in [1.54, 1.807) is 18.3 Å². The van der Waals surface area contributed by atoms with Crippen molar-refractivity contribution in [2.45, 2.75) is 45.2 Å². The molecule has 2 rings (SSSR count). The first-order valence-electron chi connectivity index (χ1n) is 7.90. The highest BCUT2D eigenvalue weighted by molar-refractivity contribution is 5.66. The minimum Gasteiger partial charge on any atom is -0.481 e. The fraction of sp³-hybridized carbons (Fsp3) is 0.588. The van der Waals surface area contributed by atoms with Gasteiger partial charge in [0.15, 0.2) is 0 Å². The second-order valence-corrected chi connectivity index (χ2v) is 7.22. The molecule has 0 aromatic carbocycles. The van der Waals surface area contributed by atoms with Crippen molar-refractivity contribution < 1.29 is 14.6 Å². The first-order chi connectivity index (χ1) is 11.2. The summed E-state index contributed by atoms with van der Waals surface area (Å²) in [5.74, 6) is 0.462. The number of methoxy groups -OCH3 is 1. The molecule has 0 saturated carbocycles. The molecule has 2 N–H and O–H groups in total. The van der Waals surface area contributed by atoms with Crippen LogP contribution in [0.3, 0.4) is 0 Å². The minimum absolute atomic E-state index is 0.250. The Hall–Kier alpha value is -2.49. The molecule has 0 aliphatic carbocycles. The smallest absolute Gasteiger partial charge is 0.407 e. The van der Waals surface area contributed by atoms with Crippen LogP contribution in [0.5, 0.6) is 5.88 Å². The number of pyridine rings is 1. The first-order valence-corrected chi connectivity index (χ1v) is 7.90. The van der Waals surface area contributed by atoms with Gasteiger partial charge in [0.1, 0.15) is 5.54 Å². The van der Waals surface area contributed by atoms with Crippen LogP contribution >= 0.6 is 0 Å². The van der Waals surface area contributed by atoms with Crippen molar-refractivity contribution in [1.29, 1.82) is 5.26 Å². The fourth-order valence-electron chi connectivity index (χ4n) is 3.13. The lowest BCUT2D eigenvalue weighted by molar-refractivity contribution is 0.0464. The molecule has 2 unspecified atom stereocenters. The third-order valence-corrected chi connectivity index (χ3v) is 4.48. The molecule has 24 heavy (non-hydrogen) atoms. The molecule has 1 aliphatic heterocycles. The average Bonchev–Trinajstić information content (AvgIpc) is 2.54. The maximum absolute atomic E-state index is 11.6. The highest BCUT2D eigenvalue weighted by atomic mass is 16.5. The van der Waals surface area contributed by atoms with E-state index in [4.69, 9.17) is 4.74 Å². The van der Waals surface area contributed by atoms with E-state index < -0.39 is 11.6 Å². The van der Waals surface area contributed by atoms with Crippen LogP contribution in [0.4, 0.5) is 10.5 Å². The summed E-state index contributed by atoms with van der Waals surface area (Å²) in [4.78, 5) is 17.1. The molecule has 1 fully saturated rings. The fourth-order valence-corrected chi connectivity index (χ4v) is 3.13. The Bertz CT molecular complexity index is 650. The van der Waals surface area contributed by atoms with Crippen molar-refractivity contribution in [3.05, 3.63) is 18.3 Å². The number of nitrogens with one attached hydrogen (secondary N) is 1. The third-order valence-electron chi connectivity index (χ3n) is 4.48. The van der Waals surface area contributed by atoms with Crippen LogP contribution in [0.25, 0.3) is 0 Å². The van der Waals surface area contributed by atoms with Crippen LogP contribution in [0.15, 0.2) is 18.3 Å². The van der Waals surface area contributed by atoms with Gasteiger partial charge in [0, 0.05) is 43.4 Å². The molecule has 1 aromatic heterocycles. The van der Waals surface area contributed by atoms with Crippen LogP contribution in [0.1, 0.15) is 33.6 Å². The Morgan fingerprint density at radius 1 is 1.58 bits per heavy atom. The van der Waals surface area contributed by atoms with Gasteiger partial charge in [-0.25, -0.2) is 9.78 Å². The van der Waals surface area contributed by atoms with E-state index in [2.05, 4.69) is 16.4 Å². The van der Waals surface area contributed by atoms with Crippen LogP contribution < -0.4 is 10.1 Å². The van der Waals surface area contributed by atoms with Crippen molar-refractivity contribution in [2.75, 3.05) is 19.0 Å². The number of amides is 1. The van der Waals surface area contributed by atoms with E-state index in [1.807, 2.05) is 20.8 Å². The summed E-state index contributed by atoms with van der Waals surface area (Å²) in [5, 5.41) is 22.6. The maximum Gasteiger partial charge on any atom is 0.407 e. The number of carbonyl (C=O) groups is 1. The lowest BCUT2D eigenvalue weighted by Gasteiger charge is -2.47. The van der Waals surface area contributed by atoms with E-state index in [0.29, 0.717) is 25.3 Å². The molecule has 0 spiro atoms. The van der Waals surface area contributed by atoms with Gasteiger partial charge in [0.05, 0.1) is 13.2 Å². The molecule has 1 aliphatic rings. The summed E-state index contributed by atoms with van der Waals surface area (Å²) < 4.78 is 5.11. The van der Waals surface area contributed by atoms with Crippen LogP contribution in [-0.2, 0) is 0 Å². The lowest BCUT2D eigenvalue weighted by Crippen LogP contribution is -2.58. The van der Waals surface area contributed by atoms with Gasteiger partial charge in [-0.05, 0) is 11.5 Å². The Kier molecular flexibility index (Phi) is 4.88. The Balaban J connectivity index is 2.29. The number of nitriles is 1. The average molecular weight is 332 g/mol. The largest absolute Gasteiger partial charge is 0.481 e. The second-order valence-electron chi connectivity index (χ2n) is 7.22. The molecular weight excluding hydrogens is 308 g/mol. The van der Waals surface area contributed by atoms with E-state index in [0.717, 1.165) is 5.69 Å². The Morgan fingerprint density at radius 3 is 2.83 bits per heavy atom. The number of piperidine rings is 1. The summed E-state index contributed by atoms with van der Waals surface area (Å²) in [6, 6.07) is 5.63. The van der Waals surface area contributed by atoms with E-state index in [9.17, 15) is 15.2 Å². The van der Waals surface area contributed by atoms with Gasteiger partial charge >= 0.3 is 6.09 Å². The van der Waals surface area contributed by atoms with E-state index in [1.165, 1.54) is 12.0 Å². The standard InChI is InChI=1S/C17H24N4O3/c1-16(2,3)13-10-17(11-18,6-8-21(13)15(22)23)20-12-5-7-19-14(9-12)24-4/h5,7,9,13H,6,8,10H2,1-4H3,(H,19,20)(H,22,23).